The summed E-state index contributed by atoms with van der Waals surface area (Å²) in [4.78, 5) is 3.28. The van der Waals surface area contributed by atoms with E-state index in [1.807, 2.05) is 12.3 Å². The molecule has 1 aliphatic heterocycles. The molecular weight excluding hydrogens is 200 g/mol. The topological polar surface area (TPSA) is 65.9 Å². The zero-order chi connectivity index (χ0) is 11.1. The Balaban J connectivity index is 2.06. The van der Waals surface area contributed by atoms with Crippen molar-refractivity contribution in [3.63, 3.8) is 0 Å². The molecule has 3 atom stereocenters. The molecule has 0 saturated carbocycles. The van der Waals surface area contributed by atoms with E-state index in [1.165, 1.54) is 10.9 Å². The second kappa shape index (κ2) is 3.59. The van der Waals surface area contributed by atoms with Crippen molar-refractivity contribution in [1.29, 1.82) is 0 Å². The molecule has 3 rings (SSSR count). The van der Waals surface area contributed by atoms with Crippen molar-refractivity contribution in [2.24, 2.45) is 5.73 Å². The lowest BCUT2D eigenvalue weighted by Crippen LogP contribution is -2.35. The Bertz CT molecular complexity index is 504. The molecule has 1 saturated heterocycles. The number of aromatic amines is 1. The lowest BCUT2D eigenvalue weighted by atomic mass is 9.98. The van der Waals surface area contributed by atoms with Gasteiger partial charge in [0.05, 0.1) is 6.04 Å². The molecule has 0 aliphatic carbocycles. The summed E-state index contributed by atoms with van der Waals surface area (Å²) in [6.07, 6.45) is 2.04. The molecule has 1 fully saturated rings. The van der Waals surface area contributed by atoms with Crippen LogP contribution in [-0.4, -0.2) is 17.1 Å². The first-order chi connectivity index (χ1) is 7.77. The van der Waals surface area contributed by atoms with Crippen LogP contribution in [0.3, 0.4) is 0 Å². The normalized spacial score (nSPS) is 30.0. The number of rotatable bonds is 1. The number of aromatic nitrogens is 1. The number of hydrogen-bond donors (Lipinski definition) is 4. The van der Waals surface area contributed by atoms with E-state index in [1.54, 1.807) is 0 Å². The van der Waals surface area contributed by atoms with Crippen LogP contribution >= 0.6 is 0 Å². The number of nitrogens with two attached hydrogens (primary N) is 1. The smallest absolute Gasteiger partial charge is 0.0650 e. The SMILES string of the molecule is CC1NNC(c2c[nH]c3ccccc23)C1N. The minimum Gasteiger partial charge on any atom is -0.361 e. The second-order valence-corrected chi connectivity index (χ2v) is 4.42. The number of hydrogen-bond acceptors (Lipinski definition) is 3. The van der Waals surface area contributed by atoms with Crippen LogP contribution in [0.4, 0.5) is 0 Å². The monoisotopic (exact) mass is 216 g/mol. The van der Waals surface area contributed by atoms with Crippen molar-refractivity contribution in [2.45, 2.75) is 25.0 Å². The predicted octanol–water partition coefficient (Wildman–Crippen LogP) is 1.03. The summed E-state index contributed by atoms with van der Waals surface area (Å²) >= 11 is 0. The van der Waals surface area contributed by atoms with E-state index in [9.17, 15) is 0 Å². The Kier molecular flexibility index (Phi) is 2.21. The number of nitrogens with one attached hydrogen (secondary N) is 3. The maximum atomic E-state index is 6.17. The van der Waals surface area contributed by atoms with Gasteiger partial charge in [0.2, 0.25) is 0 Å². The highest BCUT2D eigenvalue weighted by Crippen LogP contribution is 2.28. The van der Waals surface area contributed by atoms with E-state index in [0.29, 0.717) is 6.04 Å². The van der Waals surface area contributed by atoms with E-state index < -0.39 is 0 Å². The highest BCUT2D eigenvalue weighted by Gasteiger charge is 2.32. The van der Waals surface area contributed by atoms with Crippen LogP contribution in [0.1, 0.15) is 18.5 Å². The Morgan fingerprint density at radius 2 is 2.00 bits per heavy atom. The van der Waals surface area contributed by atoms with Crippen molar-refractivity contribution in [3.8, 4) is 0 Å². The molecule has 1 aliphatic rings. The molecule has 16 heavy (non-hydrogen) atoms. The van der Waals surface area contributed by atoms with Gasteiger partial charge >= 0.3 is 0 Å². The van der Waals surface area contributed by atoms with Gasteiger partial charge < -0.3 is 10.7 Å². The fourth-order valence-electron chi connectivity index (χ4n) is 2.34. The summed E-state index contributed by atoms with van der Waals surface area (Å²) in [5.74, 6) is 0. The third-order valence-electron chi connectivity index (χ3n) is 3.39. The molecule has 5 N–H and O–H groups in total. The second-order valence-electron chi connectivity index (χ2n) is 4.42. The van der Waals surface area contributed by atoms with Crippen LogP contribution in [-0.2, 0) is 0 Å². The molecule has 0 spiro atoms. The zero-order valence-corrected chi connectivity index (χ0v) is 9.20. The van der Waals surface area contributed by atoms with Gasteiger partial charge in [-0.05, 0) is 18.6 Å². The van der Waals surface area contributed by atoms with Crippen molar-refractivity contribution >= 4 is 10.9 Å². The van der Waals surface area contributed by atoms with Crippen LogP contribution in [0, 0.1) is 0 Å². The molecule has 0 bridgehead atoms. The Morgan fingerprint density at radius 3 is 2.75 bits per heavy atom. The molecule has 4 nitrogen and oxygen atoms in total. The largest absolute Gasteiger partial charge is 0.361 e. The van der Waals surface area contributed by atoms with Crippen molar-refractivity contribution < 1.29 is 0 Å². The van der Waals surface area contributed by atoms with Crippen molar-refractivity contribution in [2.75, 3.05) is 0 Å². The maximum Gasteiger partial charge on any atom is 0.0650 e. The van der Waals surface area contributed by atoms with E-state index >= 15 is 0 Å². The highest BCUT2D eigenvalue weighted by molar-refractivity contribution is 5.83. The molecule has 2 heterocycles. The molecule has 0 amide bonds. The number of H-pyrrole nitrogens is 1. The maximum absolute atomic E-state index is 6.17. The van der Waals surface area contributed by atoms with Gasteiger partial charge in [0.15, 0.2) is 0 Å². The minimum absolute atomic E-state index is 0.0965. The fraction of sp³-hybridized carbons (Fsp3) is 0.333. The van der Waals surface area contributed by atoms with Crippen molar-refractivity contribution in [1.82, 2.24) is 15.8 Å². The van der Waals surface area contributed by atoms with Gasteiger partial charge in [-0.2, -0.15) is 0 Å². The quantitative estimate of drug-likeness (QED) is 0.575. The van der Waals surface area contributed by atoms with E-state index in [4.69, 9.17) is 5.73 Å². The summed E-state index contributed by atoms with van der Waals surface area (Å²) in [6, 6.07) is 8.85. The Hall–Kier alpha value is -1.36. The summed E-state index contributed by atoms with van der Waals surface area (Å²) in [5, 5.41) is 1.24. The molecule has 1 aromatic heterocycles. The predicted molar refractivity (Wildman–Crippen MR) is 64.7 cm³/mol. The first-order valence-corrected chi connectivity index (χ1v) is 5.60. The number of fused-ring (bicyclic) bond motifs is 1. The minimum atomic E-state index is 0.0965. The fourth-order valence-corrected chi connectivity index (χ4v) is 2.34. The first kappa shape index (κ1) is 9.84. The van der Waals surface area contributed by atoms with Gasteiger partial charge in [0, 0.05) is 29.2 Å². The van der Waals surface area contributed by atoms with Gasteiger partial charge in [-0.1, -0.05) is 18.2 Å². The molecule has 1 aromatic carbocycles. The average Bonchev–Trinajstić information content (AvgIpc) is 2.85. The van der Waals surface area contributed by atoms with E-state index in [2.05, 4.69) is 41.0 Å². The van der Waals surface area contributed by atoms with Gasteiger partial charge in [-0.15, -0.1) is 0 Å². The summed E-state index contributed by atoms with van der Waals surface area (Å²) in [7, 11) is 0. The molecule has 3 unspecified atom stereocenters. The molecular formula is C12H16N4. The Labute approximate surface area is 94.2 Å². The summed E-state index contributed by atoms with van der Waals surface area (Å²) in [5.41, 5.74) is 15.0. The third kappa shape index (κ3) is 1.35. The standard InChI is InChI=1S/C12H16N4/c1-7-11(13)12(16-15-7)9-6-14-10-5-3-2-4-8(9)10/h2-7,11-12,14-16H,13H2,1H3. The lowest BCUT2D eigenvalue weighted by molar-refractivity contribution is 0.553. The third-order valence-corrected chi connectivity index (χ3v) is 3.39. The zero-order valence-electron chi connectivity index (χ0n) is 9.20. The number of hydrazine groups is 1. The van der Waals surface area contributed by atoms with Crippen LogP contribution in [0.15, 0.2) is 30.5 Å². The van der Waals surface area contributed by atoms with E-state index in [0.717, 1.165) is 5.52 Å². The van der Waals surface area contributed by atoms with Crippen LogP contribution in [0.2, 0.25) is 0 Å². The van der Waals surface area contributed by atoms with E-state index in [-0.39, 0.29) is 12.1 Å². The van der Waals surface area contributed by atoms with Crippen LogP contribution < -0.4 is 16.6 Å². The summed E-state index contributed by atoms with van der Waals surface area (Å²) in [6.45, 7) is 2.09. The van der Waals surface area contributed by atoms with Gasteiger partial charge in [0.1, 0.15) is 0 Å². The first-order valence-electron chi connectivity index (χ1n) is 5.60. The van der Waals surface area contributed by atoms with Crippen molar-refractivity contribution in [3.05, 3.63) is 36.0 Å². The van der Waals surface area contributed by atoms with Gasteiger partial charge in [-0.3, -0.25) is 5.43 Å². The highest BCUT2D eigenvalue weighted by atomic mass is 15.4. The summed E-state index contributed by atoms with van der Waals surface area (Å²) < 4.78 is 0. The Morgan fingerprint density at radius 1 is 1.19 bits per heavy atom. The van der Waals surface area contributed by atoms with Crippen LogP contribution in [0.5, 0.6) is 0 Å². The van der Waals surface area contributed by atoms with Gasteiger partial charge in [-0.25, -0.2) is 5.43 Å². The molecule has 84 valence electrons. The molecule has 0 radical (unpaired) electrons. The van der Waals surface area contributed by atoms with Crippen LogP contribution in [0.25, 0.3) is 10.9 Å². The van der Waals surface area contributed by atoms with Gasteiger partial charge in [0.25, 0.3) is 0 Å². The molecule has 2 aromatic rings. The average molecular weight is 216 g/mol. The molecule has 4 heteroatoms. The lowest BCUT2D eigenvalue weighted by Gasteiger charge is -2.15. The number of benzene rings is 1. The number of para-hydroxylation sites is 1.